The van der Waals surface area contributed by atoms with Gasteiger partial charge >= 0.3 is 0 Å². The first-order valence-corrected chi connectivity index (χ1v) is 9.40. The Labute approximate surface area is 144 Å². The molecule has 2 saturated carbocycles. The van der Waals surface area contributed by atoms with Gasteiger partial charge in [-0.2, -0.15) is 0 Å². The Morgan fingerprint density at radius 3 is 2.83 bits per heavy atom. The summed E-state index contributed by atoms with van der Waals surface area (Å²) in [6.45, 7) is 4.59. The van der Waals surface area contributed by atoms with Crippen LogP contribution in [0.5, 0.6) is 11.5 Å². The van der Waals surface area contributed by atoms with Gasteiger partial charge in [-0.3, -0.25) is 4.79 Å². The zero-order chi connectivity index (χ0) is 16.5. The molecule has 2 aliphatic carbocycles. The van der Waals surface area contributed by atoms with Crippen LogP contribution in [0.25, 0.3) is 0 Å². The zero-order valence-electron chi connectivity index (χ0n) is 14.5. The van der Waals surface area contributed by atoms with Crippen molar-refractivity contribution in [1.29, 1.82) is 0 Å². The normalized spacial score (nSPS) is 27.3. The molecule has 1 heterocycles. The van der Waals surface area contributed by atoms with Crippen molar-refractivity contribution in [2.45, 2.75) is 45.6 Å². The molecular formula is C20H27NO3. The van der Waals surface area contributed by atoms with E-state index in [2.05, 4.69) is 6.92 Å². The fourth-order valence-corrected chi connectivity index (χ4v) is 4.82. The Hall–Kier alpha value is -1.71. The van der Waals surface area contributed by atoms with Gasteiger partial charge in [-0.15, -0.1) is 0 Å². The Bertz CT molecular complexity index is 615. The average Bonchev–Trinajstić information content (AvgIpc) is 3.22. The lowest BCUT2D eigenvalue weighted by Crippen LogP contribution is -2.33. The van der Waals surface area contributed by atoms with E-state index in [9.17, 15) is 4.79 Å². The molecule has 0 spiro atoms. The summed E-state index contributed by atoms with van der Waals surface area (Å²) in [7, 11) is 0. The zero-order valence-corrected chi connectivity index (χ0v) is 14.5. The summed E-state index contributed by atoms with van der Waals surface area (Å²) >= 11 is 0. The SMILES string of the molecule is CCN(Cc1cccc2c1OCCO2)C(=O)CC1CC2CCC1C2. The largest absolute Gasteiger partial charge is 0.486 e. The first-order valence-electron chi connectivity index (χ1n) is 9.40. The molecule has 1 amide bonds. The molecule has 4 heteroatoms. The van der Waals surface area contributed by atoms with E-state index in [4.69, 9.17) is 9.47 Å². The molecule has 24 heavy (non-hydrogen) atoms. The summed E-state index contributed by atoms with van der Waals surface area (Å²) in [5.74, 6) is 4.23. The predicted octanol–water partition coefficient (Wildman–Crippen LogP) is 3.63. The second-order valence-corrected chi connectivity index (χ2v) is 7.49. The van der Waals surface area contributed by atoms with Crippen molar-refractivity contribution >= 4 is 5.91 Å². The molecule has 3 aliphatic rings. The van der Waals surface area contributed by atoms with Crippen molar-refractivity contribution in [2.24, 2.45) is 17.8 Å². The highest BCUT2D eigenvalue weighted by atomic mass is 16.6. The van der Waals surface area contributed by atoms with E-state index < -0.39 is 0 Å². The number of carbonyl (C=O) groups is 1. The molecule has 1 aromatic carbocycles. The van der Waals surface area contributed by atoms with Crippen molar-refractivity contribution in [1.82, 2.24) is 4.90 Å². The Morgan fingerprint density at radius 2 is 2.08 bits per heavy atom. The number of hydrogen-bond acceptors (Lipinski definition) is 3. The second kappa shape index (κ2) is 6.66. The van der Waals surface area contributed by atoms with Crippen LogP contribution in [0.3, 0.4) is 0 Å². The van der Waals surface area contributed by atoms with Crippen LogP contribution in [0, 0.1) is 17.8 Å². The second-order valence-electron chi connectivity index (χ2n) is 7.49. The third-order valence-corrected chi connectivity index (χ3v) is 6.06. The first-order chi connectivity index (χ1) is 11.7. The summed E-state index contributed by atoms with van der Waals surface area (Å²) in [6, 6.07) is 5.96. The minimum Gasteiger partial charge on any atom is -0.486 e. The Morgan fingerprint density at radius 1 is 1.21 bits per heavy atom. The summed E-state index contributed by atoms with van der Waals surface area (Å²) in [5, 5.41) is 0. The van der Waals surface area contributed by atoms with Gasteiger partial charge in [0.05, 0.1) is 0 Å². The van der Waals surface area contributed by atoms with E-state index in [1.807, 2.05) is 23.1 Å². The quantitative estimate of drug-likeness (QED) is 0.828. The van der Waals surface area contributed by atoms with Gasteiger partial charge in [-0.25, -0.2) is 0 Å². The number of nitrogens with zero attached hydrogens (tertiary/aromatic N) is 1. The smallest absolute Gasteiger partial charge is 0.223 e. The molecule has 130 valence electrons. The topological polar surface area (TPSA) is 38.8 Å². The van der Waals surface area contributed by atoms with Gasteiger partial charge in [0, 0.05) is 25.1 Å². The van der Waals surface area contributed by atoms with Crippen LogP contribution in [0.1, 0.15) is 44.6 Å². The standard InChI is InChI=1S/C20H27NO3/c1-2-21(19(22)12-17-11-14-6-7-15(17)10-14)13-16-4-3-5-18-20(16)24-9-8-23-18/h3-5,14-15,17H,2,6-13H2,1H3. The third-order valence-electron chi connectivity index (χ3n) is 6.06. The van der Waals surface area contributed by atoms with Crippen LogP contribution in [0.2, 0.25) is 0 Å². The van der Waals surface area contributed by atoms with Gasteiger partial charge < -0.3 is 14.4 Å². The third kappa shape index (κ3) is 2.99. The highest BCUT2D eigenvalue weighted by molar-refractivity contribution is 5.76. The minimum absolute atomic E-state index is 0.296. The monoisotopic (exact) mass is 329 g/mol. The molecule has 0 saturated heterocycles. The average molecular weight is 329 g/mol. The number of para-hydroxylation sites is 1. The Balaban J connectivity index is 1.43. The maximum atomic E-state index is 12.8. The maximum absolute atomic E-state index is 12.8. The van der Waals surface area contributed by atoms with Gasteiger partial charge in [0.1, 0.15) is 13.2 Å². The van der Waals surface area contributed by atoms with E-state index >= 15 is 0 Å². The molecule has 2 fully saturated rings. The molecule has 2 bridgehead atoms. The van der Waals surface area contributed by atoms with Crippen LogP contribution in [-0.4, -0.2) is 30.6 Å². The first kappa shape index (κ1) is 15.8. The highest BCUT2D eigenvalue weighted by Crippen LogP contribution is 2.49. The number of amides is 1. The van der Waals surface area contributed by atoms with Gasteiger partial charge in [-0.05, 0) is 50.0 Å². The van der Waals surface area contributed by atoms with Crippen molar-refractivity contribution in [2.75, 3.05) is 19.8 Å². The van der Waals surface area contributed by atoms with Gasteiger partial charge in [-0.1, -0.05) is 18.6 Å². The van der Waals surface area contributed by atoms with Gasteiger partial charge in [0.15, 0.2) is 11.5 Å². The molecule has 4 nitrogen and oxygen atoms in total. The van der Waals surface area contributed by atoms with Crippen LogP contribution < -0.4 is 9.47 Å². The highest BCUT2D eigenvalue weighted by Gasteiger charge is 2.40. The summed E-state index contributed by atoms with van der Waals surface area (Å²) in [5.41, 5.74) is 1.05. The number of benzene rings is 1. The van der Waals surface area contributed by atoms with Gasteiger partial charge in [0.2, 0.25) is 5.91 Å². The Kier molecular flexibility index (Phi) is 4.38. The number of hydrogen-bond donors (Lipinski definition) is 0. The summed E-state index contributed by atoms with van der Waals surface area (Å²) < 4.78 is 11.4. The van der Waals surface area contributed by atoms with Crippen LogP contribution >= 0.6 is 0 Å². The molecule has 0 N–H and O–H groups in total. The van der Waals surface area contributed by atoms with Crippen molar-refractivity contribution in [3.63, 3.8) is 0 Å². The number of rotatable bonds is 5. The number of carbonyl (C=O) groups excluding carboxylic acids is 1. The lowest BCUT2D eigenvalue weighted by Gasteiger charge is -2.28. The van der Waals surface area contributed by atoms with Crippen molar-refractivity contribution in [3.8, 4) is 11.5 Å². The fraction of sp³-hybridized carbons (Fsp3) is 0.650. The van der Waals surface area contributed by atoms with Crippen LogP contribution in [-0.2, 0) is 11.3 Å². The minimum atomic E-state index is 0.296. The molecule has 1 aliphatic heterocycles. The molecule has 0 aromatic heterocycles. The lowest BCUT2D eigenvalue weighted by molar-refractivity contribution is -0.133. The van der Waals surface area contributed by atoms with E-state index in [1.54, 1.807) is 0 Å². The van der Waals surface area contributed by atoms with E-state index in [1.165, 1.54) is 25.7 Å². The summed E-state index contributed by atoms with van der Waals surface area (Å²) in [6.07, 6.45) is 6.08. The lowest BCUT2D eigenvalue weighted by atomic mass is 9.86. The van der Waals surface area contributed by atoms with Gasteiger partial charge in [0.25, 0.3) is 0 Å². The fourth-order valence-electron chi connectivity index (χ4n) is 4.82. The molecule has 3 atom stereocenters. The number of ether oxygens (including phenoxy) is 2. The van der Waals surface area contributed by atoms with E-state index in [0.717, 1.165) is 41.9 Å². The predicted molar refractivity (Wildman–Crippen MR) is 92.1 cm³/mol. The number of fused-ring (bicyclic) bond motifs is 3. The molecule has 3 unspecified atom stereocenters. The van der Waals surface area contributed by atoms with Crippen LogP contribution in [0.4, 0.5) is 0 Å². The van der Waals surface area contributed by atoms with Crippen LogP contribution in [0.15, 0.2) is 18.2 Å². The van der Waals surface area contributed by atoms with Crippen molar-refractivity contribution in [3.05, 3.63) is 23.8 Å². The molecule has 4 rings (SSSR count). The van der Waals surface area contributed by atoms with E-state index in [0.29, 0.717) is 31.6 Å². The van der Waals surface area contributed by atoms with Crippen molar-refractivity contribution < 1.29 is 14.3 Å². The maximum Gasteiger partial charge on any atom is 0.223 e. The molecular weight excluding hydrogens is 302 g/mol. The molecule has 0 radical (unpaired) electrons. The van der Waals surface area contributed by atoms with E-state index in [-0.39, 0.29) is 0 Å². The molecule has 1 aromatic rings. The summed E-state index contributed by atoms with van der Waals surface area (Å²) in [4.78, 5) is 14.8.